The van der Waals surface area contributed by atoms with E-state index in [1.165, 1.54) is 11.8 Å². The van der Waals surface area contributed by atoms with E-state index in [9.17, 15) is 8.42 Å². The fraction of sp³-hybridized carbons (Fsp3) is 0.500. The number of aromatic nitrogens is 2. The van der Waals surface area contributed by atoms with E-state index in [0.717, 1.165) is 25.2 Å². The lowest BCUT2D eigenvalue weighted by atomic mass is 10.1. The number of benzene rings is 1. The molecule has 1 unspecified atom stereocenters. The highest BCUT2D eigenvalue weighted by atomic mass is 32.2. The highest BCUT2D eigenvalue weighted by Crippen LogP contribution is 2.06. The summed E-state index contributed by atoms with van der Waals surface area (Å²) in [6.07, 6.45) is 7.67. The lowest BCUT2D eigenvalue weighted by Gasteiger charge is -2.18. The number of aryl methyl sites for hydroxylation is 2. The molecule has 2 N–H and O–H groups in total. The molecule has 0 saturated heterocycles. The van der Waals surface area contributed by atoms with E-state index in [0.29, 0.717) is 18.9 Å². The fourth-order valence-electron chi connectivity index (χ4n) is 2.86. The summed E-state index contributed by atoms with van der Waals surface area (Å²) in [7, 11) is -1.26. The molecule has 0 radical (unpaired) electrons. The van der Waals surface area contributed by atoms with E-state index in [4.69, 9.17) is 0 Å². The molecule has 1 heterocycles. The van der Waals surface area contributed by atoms with Crippen molar-refractivity contribution >= 4 is 15.8 Å². The maximum Gasteiger partial charge on any atom is 0.191 e. The first-order valence-electron chi connectivity index (χ1n) is 9.56. The molecule has 1 aromatic carbocycles. The largest absolute Gasteiger partial charge is 0.354 e. The topological polar surface area (TPSA) is 88.4 Å². The average Bonchev–Trinajstić information content (AvgIpc) is 3.11. The van der Waals surface area contributed by atoms with Gasteiger partial charge in [0.05, 0.1) is 12.3 Å². The van der Waals surface area contributed by atoms with Crippen molar-refractivity contribution in [3.8, 4) is 0 Å². The summed E-state index contributed by atoms with van der Waals surface area (Å²) in [6.45, 7) is 3.40. The minimum atomic E-state index is -2.96. The van der Waals surface area contributed by atoms with Crippen LogP contribution in [0.1, 0.15) is 31.2 Å². The molecule has 0 aliphatic carbocycles. The number of hydrogen-bond donors (Lipinski definition) is 2. The first-order chi connectivity index (χ1) is 13.4. The third-order valence-corrected chi connectivity index (χ3v) is 5.43. The Kier molecular flexibility index (Phi) is 8.50. The minimum absolute atomic E-state index is 0.00606. The quantitative estimate of drug-likeness (QED) is 0.466. The molecule has 8 heteroatoms. The summed E-state index contributed by atoms with van der Waals surface area (Å²) in [5.74, 6) is 1.74. The van der Waals surface area contributed by atoms with E-state index >= 15 is 0 Å². The number of aliphatic imine (C=N–C) groups is 1. The zero-order valence-electron chi connectivity index (χ0n) is 16.9. The van der Waals surface area contributed by atoms with Gasteiger partial charge in [0.1, 0.15) is 15.7 Å². The van der Waals surface area contributed by atoms with Crippen LogP contribution in [0.25, 0.3) is 0 Å². The Morgan fingerprint density at radius 3 is 2.71 bits per heavy atom. The van der Waals surface area contributed by atoms with E-state index in [1.54, 1.807) is 7.05 Å². The number of rotatable bonds is 10. The van der Waals surface area contributed by atoms with Crippen molar-refractivity contribution in [3.05, 3.63) is 54.1 Å². The maximum absolute atomic E-state index is 11.3. The van der Waals surface area contributed by atoms with Crippen LogP contribution in [0.4, 0.5) is 0 Å². The second kappa shape index (κ2) is 10.8. The predicted molar refractivity (Wildman–Crippen MR) is 114 cm³/mol. The Labute approximate surface area is 168 Å². The van der Waals surface area contributed by atoms with Crippen molar-refractivity contribution in [1.29, 1.82) is 0 Å². The molecular weight excluding hydrogens is 374 g/mol. The zero-order valence-corrected chi connectivity index (χ0v) is 17.7. The summed E-state index contributed by atoms with van der Waals surface area (Å²) >= 11 is 0. The lowest BCUT2D eigenvalue weighted by molar-refractivity contribution is 0.576. The standard InChI is InChI=1S/C20H31N5O2S/c1-17(11-15-28(3,26)27)24-20(21-2)23-16-19-22-12-14-25(19)13-7-10-18-8-5-4-6-9-18/h4-6,8-9,12,14,17H,7,10-11,13,15-16H2,1-3H3,(H2,21,23,24). The molecule has 28 heavy (non-hydrogen) atoms. The van der Waals surface area contributed by atoms with Gasteiger partial charge >= 0.3 is 0 Å². The van der Waals surface area contributed by atoms with Gasteiger partial charge in [0.15, 0.2) is 5.96 Å². The van der Waals surface area contributed by atoms with Crippen LogP contribution in [-0.2, 0) is 29.3 Å². The molecule has 0 aliphatic rings. The van der Waals surface area contributed by atoms with Crippen LogP contribution in [0.15, 0.2) is 47.7 Å². The highest BCUT2D eigenvalue weighted by molar-refractivity contribution is 7.90. The molecule has 1 atom stereocenters. The highest BCUT2D eigenvalue weighted by Gasteiger charge is 2.10. The van der Waals surface area contributed by atoms with E-state index in [2.05, 4.69) is 49.4 Å². The Bertz CT molecular complexity index is 846. The second-order valence-electron chi connectivity index (χ2n) is 7.02. The summed E-state index contributed by atoms with van der Waals surface area (Å²) < 4.78 is 24.8. The molecule has 154 valence electrons. The van der Waals surface area contributed by atoms with Gasteiger partial charge in [0.25, 0.3) is 0 Å². The van der Waals surface area contributed by atoms with Crippen LogP contribution < -0.4 is 10.6 Å². The first kappa shape index (κ1) is 21.9. The van der Waals surface area contributed by atoms with Crippen molar-refractivity contribution in [1.82, 2.24) is 20.2 Å². The van der Waals surface area contributed by atoms with Gasteiger partial charge in [-0.05, 0) is 31.7 Å². The van der Waals surface area contributed by atoms with E-state index in [-0.39, 0.29) is 11.8 Å². The summed E-state index contributed by atoms with van der Waals surface area (Å²) in [5, 5.41) is 6.48. The first-order valence-corrected chi connectivity index (χ1v) is 11.6. The van der Waals surface area contributed by atoms with Gasteiger partial charge in [-0.15, -0.1) is 0 Å². The molecular formula is C20H31N5O2S. The third-order valence-electron chi connectivity index (χ3n) is 4.45. The fourth-order valence-corrected chi connectivity index (χ4v) is 3.64. The SMILES string of the molecule is CN=C(NCc1nccn1CCCc1ccccc1)NC(C)CCS(C)(=O)=O. The molecule has 1 aromatic heterocycles. The number of hydrogen-bond acceptors (Lipinski definition) is 4. The molecule has 0 fully saturated rings. The van der Waals surface area contributed by atoms with Gasteiger partial charge in [0, 0.05) is 38.3 Å². The Hall–Kier alpha value is -2.35. The van der Waals surface area contributed by atoms with Crippen LogP contribution in [0.2, 0.25) is 0 Å². The Morgan fingerprint density at radius 2 is 2.04 bits per heavy atom. The predicted octanol–water partition coefficient (Wildman–Crippen LogP) is 2.00. The number of guanidine groups is 1. The van der Waals surface area contributed by atoms with Crippen LogP contribution in [0.5, 0.6) is 0 Å². The molecule has 0 amide bonds. The number of sulfone groups is 1. The minimum Gasteiger partial charge on any atom is -0.354 e. The van der Waals surface area contributed by atoms with Crippen LogP contribution in [-0.4, -0.2) is 49.0 Å². The average molecular weight is 406 g/mol. The second-order valence-corrected chi connectivity index (χ2v) is 9.28. The van der Waals surface area contributed by atoms with Crippen LogP contribution in [0.3, 0.4) is 0 Å². The summed E-state index contributed by atoms with van der Waals surface area (Å²) in [5.41, 5.74) is 1.34. The van der Waals surface area contributed by atoms with Crippen molar-refractivity contribution < 1.29 is 8.42 Å². The molecule has 2 aromatic rings. The van der Waals surface area contributed by atoms with Gasteiger partial charge in [-0.25, -0.2) is 13.4 Å². The van der Waals surface area contributed by atoms with Gasteiger partial charge in [-0.1, -0.05) is 30.3 Å². The summed E-state index contributed by atoms with van der Waals surface area (Å²) in [4.78, 5) is 8.65. The molecule has 0 bridgehead atoms. The third kappa shape index (κ3) is 8.12. The molecule has 0 saturated carbocycles. The molecule has 7 nitrogen and oxygen atoms in total. The normalized spacial score (nSPS) is 13.3. The lowest BCUT2D eigenvalue weighted by Crippen LogP contribution is -2.42. The number of nitrogens with one attached hydrogen (secondary N) is 2. The Balaban J connectivity index is 1.79. The van der Waals surface area contributed by atoms with Crippen molar-refractivity contribution in [3.63, 3.8) is 0 Å². The van der Waals surface area contributed by atoms with Gasteiger partial charge in [-0.3, -0.25) is 4.99 Å². The smallest absolute Gasteiger partial charge is 0.191 e. The molecule has 0 aliphatic heterocycles. The number of nitrogens with zero attached hydrogens (tertiary/aromatic N) is 3. The summed E-state index contributed by atoms with van der Waals surface area (Å²) in [6, 6.07) is 10.5. The Morgan fingerprint density at radius 1 is 1.29 bits per heavy atom. The maximum atomic E-state index is 11.3. The van der Waals surface area contributed by atoms with Crippen LogP contribution in [0, 0.1) is 0 Å². The van der Waals surface area contributed by atoms with Crippen molar-refractivity contribution in [2.24, 2.45) is 4.99 Å². The van der Waals surface area contributed by atoms with Gasteiger partial charge < -0.3 is 15.2 Å². The monoisotopic (exact) mass is 405 g/mol. The van der Waals surface area contributed by atoms with Crippen LogP contribution >= 0.6 is 0 Å². The molecule has 0 spiro atoms. The van der Waals surface area contributed by atoms with Crippen molar-refractivity contribution in [2.75, 3.05) is 19.1 Å². The van der Waals surface area contributed by atoms with E-state index < -0.39 is 9.84 Å². The van der Waals surface area contributed by atoms with E-state index in [1.807, 2.05) is 25.4 Å². The molecule has 2 rings (SSSR count). The van der Waals surface area contributed by atoms with Gasteiger partial charge in [-0.2, -0.15) is 0 Å². The van der Waals surface area contributed by atoms with Gasteiger partial charge in [0.2, 0.25) is 0 Å². The number of imidazole rings is 1. The van der Waals surface area contributed by atoms with Crippen molar-refractivity contribution in [2.45, 2.75) is 45.3 Å². The zero-order chi connectivity index (χ0) is 20.4.